The van der Waals surface area contributed by atoms with Gasteiger partial charge in [0.1, 0.15) is 12.2 Å². The molecule has 0 aromatic heterocycles. The first-order valence-electron chi connectivity index (χ1n) is 12.8. The number of likely N-dealkylation sites (N-methyl/N-ethyl adjacent to an activating group) is 1. The number of benzene rings is 1. The van der Waals surface area contributed by atoms with Crippen LogP contribution in [0.3, 0.4) is 0 Å². The van der Waals surface area contributed by atoms with Gasteiger partial charge in [-0.25, -0.2) is 14.6 Å². The van der Waals surface area contributed by atoms with Gasteiger partial charge >= 0.3 is 5.97 Å². The van der Waals surface area contributed by atoms with E-state index >= 15 is 4.39 Å². The number of nitrogens with zero attached hydrogens (tertiary/aromatic N) is 2. The summed E-state index contributed by atoms with van der Waals surface area (Å²) in [5.74, 6) is -3.48. The normalized spacial score (nSPS) is 21.8. The van der Waals surface area contributed by atoms with Crippen LogP contribution in [0.1, 0.15) is 45.6 Å². The average molecular weight is 524 g/mol. The molecule has 1 N–H and O–H groups in total. The van der Waals surface area contributed by atoms with Gasteiger partial charge in [-0.3, -0.25) is 9.80 Å². The minimum atomic E-state index is -1.11. The quantitative estimate of drug-likeness (QED) is 0.332. The van der Waals surface area contributed by atoms with Crippen molar-refractivity contribution < 1.29 is 32.6 Å². The van der Waals surface area contributed by atoms with Crippen LogP contribution in [0.5, 0.6) is 5.75 Å². The van der Waals surface area contributed by atoms with E-state index in [4.69, 9.17) is 14.2 Å². The number of hydrazine groups is 1. The Bertz CT molecular complexity index is 1000. The molecule has 37 heavy (non-hydrogen) atoms. The highest BCUT2D eigenvalue weighted by Crippen LogP contribution is 2.40. The van der Waals surface area contributed by atoms with Gasteiger partial charge in [0.25, 0.3) is 5.91 Å². The van der Waals surface area contributed by atoms with Gasteiger partial charge in [-0.05, 0) is 43.9 Å². The summed E-state index contributed by atoms with van der Waals surface area (Å²) in [6, 6.07) is 2.76. The number of esters is 1. The molecule has 10 heteroatoms. The van der Waals surface area contributed by atoms with Crippen molar-refractivity contribution in [3.63, 3.8) is 0 Å². The summed E-state index contributed by atoms with van der Waals surface area (Å²) < 4.78 is 45.7. The van der Waals surface area contributed by atoms with Crippen molar-refractivity contribution in [2.75, 3.05) is 47.1 Å². The molecular weight excluding hydrogens is 484 g/mol. The summed E-state index contributed by atoms with van der Waals surface area (Å²) in [6.07, 6.45) is 4.21. The first-order valence-corrected chi connectivity index (χ1v) is 12.8. The summed E-state index contributed by atoms with van der Waals surface area (Å²) in [5.41, 5.74) is 2.48. The molecule has 1 saturated carbocycles. The molecule has 2 unspecified atom stereocenters. The molecule has 0 saturated heterocycles. The van der Waals surface area contributed by atoms with E-state index in [2.05, 4.69) is 5.43 Å². The number of amides is 1. The van der Waals surface area contributed by atoms with E-state index in [0.717, 1.165) is 12.8 Å². The third-order valence-corrected chi connectivity index (χ3v) is 6.96. The molecule has 1 aliphatic heterocycles. The summed E-state index contributed by atoms with van der Waals surface area (Å²) in [7, 11) is 3.49. The van der Waals surface area contributed by atoms with E-state index < -0.39 is 29.0 Å². The van der Waals surface area contributed by atoms with Gasteiger partial charge in [0, 0.05) is 25.8 Å². The lowest BCUT2D eigenvalue weighted by atomic mass is 9.85. The Morgan fingerprint density at radius 3 is 2.62 bits per heavy atom. The maximum absolute atomic E-state index is 15.1. The summed E-state index contributed by atoms with van der Waals surface area (Å²) in [4.78, 5) is 28.0. The van der Waals surface area contributed by atoms with E-state index in [9.17, 15) is 14.0 Å². The van der Waals surface area contributed by atoms with E-state index in [1.165, 1.54) is 17.1 Å². The molecule has 0 radical (unpaired) electrons. The molecule has 1 aliphatic carbocycles. The molecule has 1 spiro atoms. The molecule has 1 aromatic carbocycles. The van der Waals surface area contributed by atoms with Crippen LogP contribution >= 0.6 is 0 Å². The Labute approximate surface area is 217 Å². The van der Waals surface area contributed by atoms with Crippen LogP contribution in [-0.2, 0) is 25.6 Å². The molecule has 8 nitrogen and oxygen atoms in total. The number of carbonyl (C=O) groups is 2. The second kappa shape index (κ2) is 12.8. The molecule has 0 bridgehead atoms. The first kappa shape index (κ1) is 29.0. The van der Waals surface area contributed by atoms with Gasteiger partial charge < -0.3 is 19.1 Å². The van der Waals surface area contributed by atoms with Crippen LogP contribution in [0.2, 0.25) is 0 Å². The lowest BCUT2D eigenvalue weighted by molar-refractivity contribution is -0.146. The Morgan fingerprint density at radius 1 is 1.24 bits per heavy atom. The van der Waals surface area contributed by atoms with Gasteiger partial charge in [-0.2, -0.15) is 4.39 Å². The first-order chi connectivity index (χ1) is 17.6. The highest BCUT2D eigenvalue weighted by Gasteiger charge is 2.46. The van der Waals surface area contributed by atoms with Crippen molar-refractivity contribution in [2.24, 2.45) is 11.8 Å². The number of carbonyl (C=O) groups excluding carboxylic acids is 2. The van der Waals surface area contributed by atoms with Crippen LogP contribution in [0.25, 0.3) is 0 Å². The molecular formula is C27H39F2N3O5. The Balaban J connectivity index is 1.75. The molecule has 1 fully saturated rings. The second-order valence-electron chi connectivity index (χ2n) is 10.4. The largest absolute Gasteiger partial charge is 0.489 e. The molecule has 206 valence electrons. The summed E-state index contributed by atoms with van der Waals surface area (Å²) >= 11 is 0. The standard InChI is InChI=1S/C27H39F2N3O5/c1-18(2)17-37-26(34)21-15-27(10-6-7-19(27)3)30-32(25(21)33)16-20-8-9-22(24(29)23(20)28)36-14-12-31(4)11-13-35-5/h8-9,15,18-19,30H,6-7,10-14,16-17H2,1-5H3. The number of hydrogen-bond acceptors (Lipinski definition) is 7. The predicted molar refractivity (Wildman–Crippen MR) is 135 cm³/mol. The van der Waals surface area contributed by atoms with Gasteiger partial charge in [0.15, 0.2) is 11.6 Å². The van der Waals surface area contributed by atoms with Crippen molar-refractivity contribution in [3.05, 3.63) is 41.0 Å². The topological polar surface area (TPSA) is 80.3 Å². The van der Waals surface area contributed by atoms with Crippen molar-refractivity contribution in [3.8, 4) is 5.75 Å². The van der Waals surface area contributed by atoms with E-state index in [0.29, 0.717) is 26.1 Å². The van der Waals surface area contributed by atoms with Crippen molar-refractivity contribution >= 4 is 11.9 Å². The van der Waals surface area contributed by atoms with Gasteiger partial charge in [-0.15, -0.1) is 0 Å². The minimum absolute atomic E-state index is 0.0273. The molecule has 1 heterocycles. The highest BCUT2D eigenvalue weighted by molar-refractivity contribution is 6.16. The molecule has 3 rings (SSSR count). The maximum atomic E-state index is 15.1. The SMILES string of the molecule is COCCN(C)CCOc1ccc(CN2NC3(C=C(C(=O)OCC(C)C)C2=O)CCCC3C)c(F)c1F. The summed E-state index contributed by atoms with van der Waals surface area (Å²) in [5, 5.41) is 1.21. The van der Waals surface area contributed by atoms with E-state index in [1.807, 2.05) is 32.7 Å². The van der Waals surface area contributed by atoms with Crippen LogP contribution in [0.4, 0.5) is 8.78 Å². The summed E-state index contributed by atoms with van der Waals surface area (Å²) in [6.45, 7) is 7.72. The zero-order valence-corrected chi connectivity index (χ0v) is 22.4. The van der Waals surface area contributed by atoms with Crippen LogP contribution in [0.15, 0.2) is 23.8 Å². The fourth-order valence-corrected chi connectivity index (χ4v) is 4.61. The van der Waals surface area contributed by atoms with Crippen LogP contribution < -0.4 is 10.2 Å². The van der Waals surface area contributed by atoms with Crippen molar-refractivity contribution in [1.82, 2.24) is 15.3 Å². The number of methoxy groups -OCH3 is 1. The van der Waals surface area contributed by atoms with Crippen LogP contribution in [0, 0.1) is 23.5 Å². The molecule has 2 aliphatic rings. The molecule has 1 aromatic rings. The number of ether oxygens (including phenoxy) is 3. The zero-order chi connectivity index (χ0) is 27.2. The number of hydrogen-bond donors (Lipinski definition) is 1. The fraction of sp³-hybridized carbons (Fsp3) is 0.630. The third-order valence-electron chi connectivity index (χ3n) is 6.96. The lowest BCUT2D eigenvalue weighted by Crippen LogP contribution is -2.61. The number of nitrogens with one attached hydrogen (secondary N) is 1. The smallest absolute Gasteiger partial charge is 0.343 e. The van der Waals surface area contributed by atoms with Gasteiger partial charge in [0.05, 0.1) is 25.3 Å². The van der Waals surface area contributed by atoms with Crippen molar-refractivity contribution in [2.45, 2.75) is 52.1 Å². The lowest BCUT2D eigenvalue weighted by Gasteiger charge is -2.42. The Hall–Kier alpha value is -2.56. The minimum Gasteiger partial charge on any atom is -0.489 e. The molecule has 1 amide bonds. The zero-order valence-electron chi connectivity index (χ0n) is 22.4. The second-order valence-corrected chi connectivity index (χ2v) is 10.4. The van der Waals surface area contributed by atoms with Gasteiger partial charge in [-0.1, -0.05) is 33.3 Å². The Kier molecular flexibility index (Phi) is 10.0. The number of halogens is 2. The van der Waals surface area contributed by atoms with Crippen molar-refractivity contribution in [1.29, 1.82) is 0 Å². The average Bonchev–Trinajstić information content (AvgIpc) is 3.21. The van der Waals surface area contributed by atoms with Crippen LogP contribution in [-0.4, -0.2) is 74.4 Å². The maximum Gasteiger partial charge on any atom is 0.343 e. The Morgan fingerprint density at radius 2 is 1.97 bits per heavy atom. The fourth-order valence-electron chi connectivity index (χ4n) is 4.61. The van der Waals surface area contributed by atoms with E-state index in [-0.39, 0.29) is 48.5 Å². The highest BCUT2D eigenvalue weighted by atomic mass is 19.2. The predicted octanol–water partition coefficient (Wildman–Crippen LogP) is 3.45. The molecule has 2 atom stereocenters. The van der Waals surface area contributed by atoms with E-state index in [1.54, 1.807) is 13.2 Å². The monoisotopic (exact) mass is 523 g/mol. The third kappa shape index (κ3) is 7.06. The van der Waals surface area contributed by atoms with Gasteiger partial charge in [0.2, 0.25) is 5.82 Å². The number of rotatable bonds is 12.